The molecular weight excluding hydrogens is 588 g/mol. The molecule has 0 saturated carbocycles. The molecule has 12 nitrogen and oxygen atoms in total. The molecule has 0 heterocycles. The lowest BCUT2D eigenvalue weighted by Gasteiger charge is -2.34. The summed E-state index contributed by atoms with van der Waals surface area (Å²) in [7, 11) is 0. The predicted octanol–water partition coefficient (Wildman–Crippen LogP) is 4.42. The lowest BCUT2D eigenvalue weighted by Crippen LogP contribution is -2.21. The van der Waals surface area contributed by atoms with Crippen LogP contribution in [0, 0.1) is 0 Å². The Morgan fingerprint density at radius 2 is 0.889 bits per heavy atom. The summed E-state index contributed by atoms with van der Waals surface area (Å²) in [4.78, 5) is 72.7. The summed E-state index contributed by atoms with van der Waals surface area (Å²) in [6, 6.07) is 9.28. The third-order valence-electron chi connectivity index (χ3n) is 7.10. The molecule has 3 aromatic carbocycles. The van der Waals surface area contributed by atoms with Gasteiger partial charge in [0, 0.05) is 76.6 Å². The van der Waals surface area contributed by atoms with Gasteiger partial charge in [0.25, 0.3) is 0 Å². The van der Waals surface area contributed by atoms with Crippen molar-refractivity contribution in [2.75, 3.05) is 0 Å². The fourth-order valence-corrected chi connectivity index (χ4v) is 5.98. The molecule has 45 heavy (non-hydrogen) atoms. The zero-order valence-electron chi connectivity index (χ0n) is 25.2. The van der Waals surface area contributed by atoms with Gasteiger partial charge < -0.3 is 28.4 Å². The third-order valence-corrected chi connectivity index (χ3v) is 7.10. The molecule has 6 rings (SSSR count). The average Bonchev–Trinajstić information content (AvgIpc) is 3.10. The zero-order chi connectivity index (χ0) is 32.7. The summed E-state index contributed by atoms with van der Waals surface area (Å²) in [5.74, 6) is -4.80. The van der Waals surface area contributed by atoms with E-state index in [1.807, 2.05) is 0 Å². The minimum atomic E-state index is -0.796. The van der Waals surface area contributed by atoms with Crippen molar-refractivity contribution in [1.29, 1.82) is 0 Å². The number of carbonyl (C=O) groups excluding carboxylic acids is 6. The smallest absolute Gasteiger partial charge is 0.308 e. The number of hydrogen-bond acceptors (Lipinski definition) is 12. The van der Waals surface area contributed by atoms with E-state index in [0.717, 1.165) is 0 Å². The van der Waals surface area contributed by atoms with Gasteiger partial charge in [-0.2, -0.15) is 0 Å². The lowest BCUT2D eigenvalue weighted by atomic mass is 9.71. The minimum absolute atomic E-state index is 0.00693. The van der Waals surface area contributed by atoms with Crippen LogP contribution in [0.15, 0.2) is 36.4 Å². The Hall–Kier alpha value is -5.52. The van der Waals surface area contributed by atoms with E-state index in [-0.39, 0.29) is 40.9 Å². The maximum absolute atomic E-state index is 12.3. The number of hydrogen-bond donors (Lipinski definition) is 0. The first-order valence-electron chi connectivity index (χ1n) is 13.8. The first kappa shape index (κ1) is 30.9. The molecule has 3 aliphatic carbocycles. The molecule has 2 unspecified atom stereocenters. The topological polar surface area (TPSA) is 158 Å². The maximum Gasteiger partial charge on any atom is 0.308 e. The van der Waals surface area contributed by atoms with Gasteiger partial charge in [0.1, 0.15) is 23.0 Å². The van der Waals surface area contributed by atoms with Gasteiger partial charge in [-0.25, -0.2) is 0 Å². The highest BCUT2D eigenvalue weighted by atomic mass is 16.6. The molecule has 3 aromatic rings. The SMILES string of the molecule is CC(=O)Oc1cc(OC(C)=O)c2c(c1)C1Cc3cc(OC(C)=O)c(OC(C)=O)cc3C2c2cc(OC(C)=O)cc(OC(C)=O)c21. The van der Waals surface area contributed by atoms with Gasteiger partial charge in [-0.3, -0.25) is 28.8 Å². The lowest BCUT2D eigenvalue weighted by molar-refractivity contribution is -0.134. The summed E-state index contributed by atoms with van der Waals surface area (Å²) in [6.07, 6.45) is 0.227. The second kappa shape index (κ2) is 11.9. The van der Waals surface area contributed by atoms with Gasteiger partial charge in [0.05, 0.1) is 0 Å². The van der Waals surface area contributed by atoms with Gasteiger partial charge in [0.15, 0.2) is 11.5 Å². The summed E-state index contributed by atoms with van der Waals surface area (Å²) in [5, 5.41) is 0. The van der Waals surface area contributed by atoms with Crippen molar-refractivity contribution >= 4 is 35.8 Å². The highest BCUT2D eigenvalue weighted by molar-refractivity contribution is 5.80. The Morgan fingerprint density at radius 1 is 0.467 bits per heavy atom. The van der Waals surface area contributed by atoms with Gasteiger partial charge in [0.2, 0.25) is 0 Å². The van der Waals surface area contributed by atoms with Crippen LogP contribution in [0.5, 0.6) is 34.5 Å². The summed E-state index contributed by atoms with van der Waals surface area (Å²) < 4.78 is 33.0. The van der Waals surface area contributed by atoms with E-state index in [9.17, 15) is 28.8 Å². The Morgan fingerprint density at radius 3 is 1.38 bits per heavy atom. The first-order valence-corrected chi connectivity index (χ1v) is 13.8. The third kappa shape index (κ3) is 6.26. The molecule has 12 heteroatoms. The molecule has 0 spiro atoms. The van der Waals surface area contributed by atoms with Crippen molar-refractivity contribution in [3.8, 4) is 34.5 Å². The van der Waals surface area contributed by atoms with E-state index in [1.165, 1.54) is 53.7 Å². The fourth-order valence-electron chi connectivity index (χ4n) is 5.98. The minimum Gasteiger partial charge on any atom is -0.427 e. The second-order valence-electron chi connectivity index (χ2n) is 10.6. The van der Waals surface area contributed by atoms with Crippen molar-refractivity contribution in [3.05, 3.63) is 69.8 Å². The van der Waals surface area contributed by atoms with Crippen LogP contribution in [0.25, 0.3) is 0 Å². The monoisotopic (exact) mass is 616 g/mol. The summed E-state index contributed by atoms with van der Waals surface area (Å²) in [6.45, 7) is 7.33. The second-order valence-corrected chi connectivity index (χ2v) is 10.6. The first-order chi connectivity index (χ1) is 21.2. The Bertz CT molecular complexity index is 1820. The van der Waals surface area contributed by atoms with Crippen LogP contribution in [0.4, 0.5) is 0 Å². The average molecular weight is 617 g/mol. The van der Waals surface area contributed by atoms with Crippen LogP contribution in [-0.2, 0) is 35.2 Å². The number of benzene rings is 3. The largest absolute Gasteiger partial charge is 0.427 e. The molecule has 3 aliphatic rings. The van der Waals surface area contributed by atoms with Crippen molar-refractivity contribution in [2.24, 2.45) is 0 Å². The number of esters is 6. The standard InChI is InChI=1S/C33H28O12/c1-14(34)40-21-9-25-24-7-20-8-27(42-16(3)36)28(43-17(4)37)13-23(20)32(33(25)30(12-21)45-19(6)39)26-10-22(41-15(2)35)11-29(31(24)26)44-18(5)38/h8-13,24,32H,7H2,1-6H3. The molecule has 2 bridgehead atoms. The van der Waals surface area contributed by atoms with E-state index in [4.69, 9.17) is 28.4 Å². The summed E-state index contributed by atoms with van der Waals surface area (Å²) in [5.41, 5.74) is 3.45. The van der Waals surface area contributed by atoms with Crippen molar-refractivity contribution in [2.45, 2.75) is 59.8 Å². The quantitative estimate of drug-likeness (QED) is 0.284. The van der Waals surface area contributed by atoms with E-state index < -0.39 is 47.7 Å². The van der Waals surface area contributed by atoms with Gasteiger partial charge in [-0.1, -0.05) is 0 Å². The molecule has 0 N–H and O–H groups in total. The van der Waals surface area contributed by atoms with Crippen molar-refractivity contribution < 1.29 is 57.2 Å². The molecule has 0 fully saturated rings. The van der Waals surface area contributed by atoms with Crippen LogP contribution in [0.2, 0.25) is 0 Å². The normalized spacial score (nSPS) is 15.3. The molecule has 0 aliphatic heterocycles. The van der Waals surface area contributed by atoms with E-state index in [2.05, 4.69) is 0 Å². The van der Waals surface area contributed by atoms with Gasteiger partial charge >= 0.3 is 35.8 Å². The molecule has 0 radical (unpaired) electrons. The maximum atomic E-state index is 12.3. The van der Waals surface area contributed by atoms with E-state index in [1.54, 1.807) is 24.3 Å². The number of carbonyl (C=O) groups is 6. The van der Waals surface area contributed by atoms with Gasteiger partial charge in [-0.05, 0) is 52.9 Å². The Balaban J connectivity index is 1.90. The molecule has 0 saturated heterocycles. The van der Waals surface area contributed by atoms with Crippen LogP contribution in [-0.4, -0.2) is 35.8 Å². The van der Waals surface area contributed by atoms with E-state index in [0.29, 0.717) is 33.4 Å². The Kier molecular flexibility index (Phi) is 8.16. The van der Waals surface area contributed by atoms with Crippen molar-refractivity contribution in [3.63, 3.8) is 0 Å². The zero-order valence-corrected chi connectivity index (χ0v) is 25.2. The van der Waals surface area contributed by atoms with Gasteiger partial charge in [-0.15, -0.1) is 0 Å². The van der Waals surface area contributed by atoms with E-state index >= 15 is 0 Å². The van der Waals surface area contributed by atoms with Crippen LogP contribution < -0.4 is 28.4 Å². The molecular formula is C33H28O12. The molecule has 0 amide bonds. The Labute approximate surface area is 257 Å². The molecule has 0 aromatic heterocycles. The van der Waals surface area contributed by atoms with Crippen LogP contribution in [0.3, 0.4) is 0 Å². The van der Waals surface area contributed by atoms with Crippen molar-refractivity contribution in [1.82, 2.24) is 0 Å². The van der Waals surface area contributed by atoms with Crippen LogP contribution in [0.1, 0.15) is 86.8 Å². The number of rotatable bonds is 6. The van der Waals surface area contributed by atoms with Crippen LogP contribution >= 0.6 is 0 Å². The predicted molar refractivity (Wildman–Crippen MR) is 154 cm³/mol. The molecule has 2 atom stereocenters. The molecule has 232 valence electrons. The highest BCUT2D eigenvalue weighted by Gasteiger charge is 2.44. The summed E-state index contributed by atoms with van der Waals surface area (Å²) >= 11 is 0. The number of ether oxygens (including phenoxy) is 6. The highest BCUT2D eigenvalue weighted by Crippen LogP contribution is 2.59. The fraction of sp³-hybridized carbons (Fsp3) is 0.273.